The van der Waals surface area contributed by atoms with Crippen molar-refractivity contribution in [2.45, 2.75) is 6.92 Å². The number of hydrogen-bond donors (Lipinski definition) is 1. The molecule has 1 N–H and O–H groups in total. The van der Waals surface area contributed by atoms with Gasteiger partial charge in [0.25, 0.3) is 5.91 Å². The lowest BCUT2D eigenvalue weighted by atomic mass is 10.3. The van der Waals surface area contributed by atoms with Crippen LogP contribution in [0.1, 0.15) is 15.4 Å². The smallest absolute Gasteiger partial charge is 0.269 e. The largest absolute Gasteiger partial charge is 0.321 e. The summed E-state index contributed by atoms with van der Waals surface area (Å²) in [6.07, 6.45) is 0. The van der Waals surface area contributed by atoms with E-state index in [1.54, 1.807) is 6.92 Å². The topological polar surface area (TPSA) is 54.9 Å². The Kier molecular flexibility index (Phi) is 3.35. The molecule has 0 bridgehead atoms. The highest BCUT2D eigenvalue weighted by Crippen LogP contribution is 2.20. The lowest BCUT2D eigenvalue weighted by Gasteiger charge is -2.04. The first-order valence-electron chi connectivity index (χ1n) is 4.63. The van der Waals surface area contributed by atoms with E-state index in [-0.39, 0.29) is 10.9 Å². The number of nitrogens with one attached hydrogen (secondary N) is 1. The molecular formula is C10H7ClFN3OS. The van der Waals surface area contributed by atoms with Gasteiger partial charge in [-0.1, -0.05) is 16.1 Å². The Morgan fingerprint density at radius 3 is 2.88 bits per heavy atom. The van der Waals surface area contributed by atoms with Crippen LogP contribution in [0.15, 0.2) is 18.2 Å². The van der Waals surface area contributed by atoms with Crippen LogP contribution >= 0.6 is 23.1 Å². The molecule has 0 aliphatic rings. The van der Waals surface area contributed by atoms with Gasteiger partial charge >= 0.3 is 0 Å². The SMILES string of the molecule is Cc1nnsc1C(=O)Nc1ccc(Cl)c(F)c1. The van der Waals surface area contributed by atoms with Gasteiger partial charge in [0.1, 0.15) is 10.7 Å². The molecule has 1 aromatic heterocycles. The van der Waals surface area contributed by atoms with Crippen molar-refractivity contribution >= 4 is 34.7 Å². The standard InChI is InChI=1S/C10H7ClFN3OS/c1-5-9(17-15-14-5)10(16)13-6-2-3-7(11)8(12)4-6/h2-4H,1H3,(H,13,16). The predicted octanol–water partition coefficient (Wildman–Crippen LogP) is 2.89. The van der Waals surface area contributed by atoms with Crippen molar-refractivity contribution in [2.75, 3.05) is 5.32 Å². The molecule has 2 rings (SSSR count). The van der Waals surface area contributed by atoms with Gasteiger partial charge in [-0.05, 0) is 36.7 Å². The first-order chi connectivity index (χ1) is 8.08. The van der Waals surface area contributed by atoms with Crippen LogP contribution in [0.2, 0.25) is 5.02 Å². The summed E-state index contributed by atoms with van der Waals surface area (Å²) in [5.41, 5.74) is 0.881. The molecule has 0 fully saturated rings. The van der Waals surface area contributed by atoms with Crippen molar-refractivity contribution in [1.29, 1.82) is 0 Å². The summed E-state index contributed by atoms with van der Waals surface area (Å²) >= 11 is 6.53. The van der Waals surface area contributed by atoms with E-state index >= 15 is 0 Å². The molecule has 17 heavy (non-hydrogen) atoms. The highest BCUT2D eigenvalue weighted by molar-refractivity contribution is 7.08. The zero-order valence-corrected chi connectivity index (χ0v) is 10.3. The van der Waals surface area contributed by atoms with E-state index in [1.807, 2.05) is 0 Å². The molecule has 2 aromatic rings. The van der Waals surface area contributed by atoms with Crippen molar-refractivity contribution < 1.29 is 9.18 Å². The van der Waals surface area contributed by atoms with Gasteiger partial charge in [-0.25, -0.2) is 4.39 Å². The first-order valence-corrected chi connectivity index (χ1v) is 5.78. The van der Waals surface area contributed by atoms with E-state index < -0.39 is 5.82 Å². The van der Waals surface area contributed by atoms with Gasteiger partial charge in [0, 0.05) is 5.69 Å². The molecule has 0 atom stereocenters. The number of aryl methyl sites for hydroxylation is 1. The molecule has 1 heterocycles. The van der Waals surface area contributed by atoms with Gasteiger partial charge < -0.3 is 5.32 Å². The monoisotopic (exact) mass is 271 g/mol. The van der Waals surface area contributed by atoms with Crippen molar-refractivity contribution in [3.8, 4) is 0 Å². The van der Waals surface area contributed by atoms with Crippen molar-refractivity contribution in [3.63, 3.8) is 0 Å². The second-order valence-corrected chi connectivity index (χ2v) is 4.43. The molecule has 1 aromatic carbocycles. The van der Waals surface area contributed by atoms with Gasteiger partial charge in [0.05, 0.1) is 10.7 Å². The van der Waals surface area contributed by atoms with Crippen LogP contribution in [-0.4, -0.2) is 15.5 Å². The van der Waals surface area contributed by atoms with E-state index in [4.69, 9.17) is 11.6 Å². The summed E-state index contributed by atoms with van der Waals surface area (Å²) in [5, 5.41) is 6.28. The molecule has 0 aliphatic heterocycles. The van der Waals surface area contributed by atoms with Gasteiger partial charge in [-0.2, -0.15) is 0 Å². The number of aromatic nitrogens is 2. The van der Waals surface area contributed by atoms with Crippen molar-refractivity contribution in [1.82, 2.24) is 9.59 Å². The molecule has 88 valence electrons. The number of carbonyl (C=O) groups is 1. The molecule has 7 heteroatoms. The average Bonchev–Trinajstić information content (AvgIpc) is 2.70. The maximum Gasteiger partial charge on any atom is 0.269 e. The minimum atomic E-state index is -0.580. The second-order valence-electron chi connectivity index (χ2n) is 3.27. The Morgan fingerprint density at radius 2 is 2.29 bits per heavy atom. The average molecular weight is 272 g/mol. The summed E-state index contributed by atoms with van der Waals surface area (Å²) in [7, 11) is 0. The number of hydrogen-bond acceptors (Lipinski definition) is 4. The van der Waals surface area contributed by atoms with Crippen molar-refractivity contribution in [2.24, 2.45) is 0 Å². The maximum absolute atomic E-state index is 13.1. The third-order valence-electron chi connectivity index (χ3n) is 2.04. The normalized spacial score (nSPS) is 10.3. The Labute approximate surface area is 106 Å². The molecule has 0 unspecified atom stereocenters. The lowest BCUT2D eigenvalue weighted by Crippen LogP contribution is -2.11. The zero-order valence-electron chi connectivity index (χ0n) is 8.70. The second kappa shape index (κ2) is 4.77. The zero-order chi connectivity index (χ0) is 12.4. The Morgan fingerprint density at radius 1 is 1.53 bits per heavy atom. The quantitative estimate of drug-likeness (QED) is 0.914. The van der Waals surface area contributed by atoms with Crippen LogP contribution in [-0.2, 0) is 0 Å². The number of anilines is 1. The van der Waals surface area contributed by atoms with Gasteiger partial charge in [-0.3, -0.25) is 4.79 Å². The fraction of sp³-hybridized carbons (Fsp3) is 0.100. The molecule has 0 aliphatic carbocycles. The lowest BCUT2D eigenvalue weighted by molar-refractivity contribution is 0.103. The fourth-order valence-electron chi connectivity index (χ4n) is 1.20. The Hall–Kier alpha value is -1.53. The van der Waals surface area contributed by atoms with E-state index in [1.165, 1.54) is 12.1 Å². The maximum atomic E-state index is 13.1. The summed E-state index contributed by atoms with van der Waals surface area (Å²) in [4.78, 5) is 12.2. The minimum absolute atomic E-state index is 0.0126. The number of rotatable bonds is 2. The van der Waals surface area contributed by atoms with Crippen molar-refractivity contribution in [3.05, 3.63) is 39.6 Å². The van der Waals surface area contributed by atoms with Gasteiger partial charge in [0.2, 0.25) is 0 Å². The van der Waals surface area contributed by atoms with Crippen LogP contribution < -0.4 is 5.32 Å². The highest BCUT2D eigenvalue weighted by atomic mass is 35.5. The summed E-state index contributed by atoms with van der Waals surface area (Å²) < 4.78 is 16.8. The number of amides is 1. The third-order valence-corrected chi connectivity index (χ3v) is 3.17. The number of halogens is 2. The predicted molar refractivity (Wildman–Crippen MR) is 64.0 cm³/mol. The number of benzene rings is 1. The Bertz CT molecular complexity index is 572. The summed E-state index contributed by atoms with van der Waals surface area (Å²) in [6.45, 7) is 1.68. The van der Waals surface area contributed by atoms with Crippen LogP contribution in [0.25, 0.3) is 0 Å². The number of carbonyl (C=O) groups excluding carboxylic acids is 1. The molecule has 4 nitrogen and oxygen atoms in total. The van der Waals surface area contributed by atoms with Crippen LogP contribution in [0, 0.1) is 12.7 Å². The Balaban J connectivity index is 2.19. The summed E-state index contributed by atoms with van der Waals surface area (Å²) in [6, 6.07) is 4.06. The van der Waals surface area contributed by atoms with Crippen LogP contribution in [0.4, 0.5) is 10.1 Å². The van der Waals surface area contributed by atoms with E-state index in [0.717, 1.165) is 17.6 Å². The van der Waals surface area contributed by atoms with E-state index in [9.17, 15) is 9.18 Å². The fourth-order valence-corrected chi connectivity index (χ4v) is 1.87. The molecular weight excluding hydrogens is 265 g/mol. The molecule has 1 amide bonds. The molecule has 0 spiro atoms. The summed E-state index contributed by atoms with van der Waals surface area (Å²) in [5.74, 6) is -0.942. The van der Waals surface area contributed by atoms with E-state index in [2.05, 4.69) is 14.9 Å². The molecule has 0 saturated carbocycles. The first kappa shape index (κ1) is 11.9. The third kappa shape index (κ3) is 2.59. The highest BCUT2D eigenvalue weighted by Gasteiger charge is 2.13. The van der Waals surface area contributed by atoms with Gasteiger partial charge in [0.15, 0.2) is 0 Å². The van der Waals surface area contributed by atoms with Gasteiger partial charge in [-0.15, -0.1) is 5.10 Å². The minimum Gasteiger partial charge on any atom is -0.321 e. The molecule has 0 radical (unpaired) electrons. The van der Waals surface area contributed by atoms with Crippen LogP contribution in [0.5, 0.6) is 0 Å². The van der Waals surface area contributed by atoms with E-state index in [0.29, 0.717) is 16.3 Å². The molecule has 0 saturated heterocycles. The number of nitrogens with zero attached hydrogens (tertiary/aromatic N) is 2. The van der Waals surface area contributed by atoms with Crippen LogP contribution in [0.3, 0.4) is 0 Å².